The number of ether oxygens (including phenoxy) is 3. The first kappa shape index (κ1) is 25.6. The van der Waals surface area contributed by atoms with E-state index >= 15 is 0 Å². The third-order valence-corrected chi connectivity index (χ3v) is 6.13. The molecule has 0 aliphatic carbocycles. The van der Waals surface area contributed by atoms with Crippen LogP contribution in [-0.2, 0) is 27.2 Å². The van der Waals surface area contributed by atoms with Crippen LogP contribution in [0.1, 0.15) is 50.0 Å². The van der Waals surface area contributed by atoms with Crippen molar-refractivity contribution in [2.24, 2.45) is 5.73 Å². The van der Waals surface area contributed by atoms with Gasteiger partial charge in [0.05, 0.1) is 13.7 Å². The zero-order valence-corrected chi connectivity index (χ0v) is 21.3. The Hall–Kier alpha value is -3.52. The molecule has 1 aliphatic rings. The minimum absolute atomic E-state index is 0.0971. The van der Waals surface area contributed by atoms with Gasteiger partial charge in [0.25, 0.3) is 0 Å². The number of carbonyl (C=O) groups excluding carboxylic acids is 2. The van der Waals surface area contributed by atoms with Crippen molar-refractivity contribution in [1.29, 1.82) is 0 Å². The summed E-state index contributed by atoms with van der Waals surface area (Å²) >= 11 is 0. The molecule has 2 aromatic carbocycles. The van der Waals surface area contributed by atoms with Crippen LogP contribution in [-0.4, -0.2) is 48.9 Å². The van der Waals surface area contributed by atoms with Crippen LogP contribution >= 0.6 is 0 Å². The molecule has 0 radical (unpaired) electrons. The average molecular weight is 495 g/mol. The molecule has 1 amide bonds. The van der Waals surface area contributed by atoms with Gasteiger partial charge in [-0.15, -0.1) is 0 Å². The molecule has 1 saturated heterocycles. The number of benzene rings is 2. The van der Waals surface area contributed by atoms with Crippen molar-refractivity contribution in [3.05, 3.63) is 65.4 Å². The van der Waals surface area contributed by atoms with E-state index < -0.39 is 11.5 Å². The van der Waals surface area contributed by atoms with Crippen molar-refractivity contribution in [1.82, 2.24) is 4.90 Å². The highest BCUT2D eigenvalue weighted by Crippen LogP contribution is 2.30. The molecule has 1 aliphatic heterocycles. The molecule has 1 aromatic heterocycles. The van der Waals surface area contributed by atoms with Gasteiger partial charge in [-0.1, -0.05) is 18.2 Å². The topological polar surface area (TPSA) is 104 Å². The van der Waals surface area contributed by atoms with Gasteiger partial charge in [0.2, 0.25) is 0 Å². The molecule has 0 saturated carbocycles. The number of likely N-dealkylation sites (tertiary alicyclic amines) is 1. The van der Waals surface area contributed by atoms with Crippen LogP contribution in [0, 0.1) is 0 Å². The van der Waals surface area contributed by atoms with Gasteiger partial charge in [0, 0.05) is 24.9 Å². The molecule has 8 nitrogen and oxygen atoms in total. The van der Waals surface area contributed by atoms with Crippen LogP contribution in [0.3, 0.4) is 0 Å². The predicted molar refractivity (Wildman–Crippen MR) is 136 cm³/mol. The summed E-state index contributed by atoms with van der Waals surface area (Å²) in [5.41, 5.74) is 7.87. The molecular formula is C28H34N2O6. The van der Waals surface area contributed by atoms with E-state index in [0.29, 0.717) is 43.1 Å². The van der Waals surface area contributed by atoms with Crippen molar-refractivity contribution in [2.45, 2.75) is 57.8 Å². The summed E-state index contributed by atoms with van der Waals surface area (Å²) in [6.07, 6.45) is 0.748. The van der Waals surface area contributed by atoms with Gasteiger partial charge in [0.1, 0.15) is 34.7 Å². The van der Waals surface area contributed by atoms with Crippen molar-refractivity contribution in [2.75, 3.05) is 20.2 Å². The first-order valence-corrected chi connectivity index (χ1v) is 12.2. The second kappa shape index (κ2) is 10.6. The number of rotatable bonds is 7. The standard InChI is InChI=1S/C28H34N2O6/c1-28(2,3)36-27(32)30-12-11-22(17-30)34-21-8-5-18(6-9-21)14-23(26(31)33-4)25-15-20-13-19(16-29)7-10-24(20)35-25/h5-10,13,15,22-23H,11-12,14,16-17,29H2,1-4H3/t22-,23?/m0/s1. The van der Waals surface area contributed by atoms with E-state index in [4.69, 9.17) is 24.4 Å². The zero-order chi connectivity index (χ0) is 25.9. The van der Waals surface area contributed by atoms with Crippen LogP contribution < -0.4 is 10.5 Å². The fourth-order valence-electron chi connectivity index (χ4n) is 4.30. The quantitative estimate of drug-likeness (QED) is 0.471. The molecule has 1 unspecified atom stereocenters. The highest BCUT2D eigenvalue weighted by Gasteiger charge is 2.31. The van der Waals surface area contributed by atoms with Crippen molar-refractivity contribution >= 4 is 23.0 Å². The Balaban J connectivity index is 1.40. The number of nitrogens with zero attached hydrogens (tertiary/aromatic N) is 1. The van der Waals surface area contributed by atoms with Crippen molar-refractivity contribution < 1.29 is 28.2 Å². The molecule has 2 heterocycles. The molecule has 1 fully saturated rings. The Morgan fingerprint density at radius 3 is 2.50 bits per heavy atom. The number of methoxy groups -OCH3 is 1. The number of carbonyl (C=O) groups is 2. The van der Waals surface area contributed by atoms with E-state index in [1.807, 2.05) is 69.3 Å². The van der Waals surface area contributed by atoms with Crippen molar-refractivity contribution in [3.63, 3.8) is 0 Å². The largest absolute Gasteiger partial charge is 0.489 e. The highest BCUT2D eigenvalue weighted by molar-refractivity contribution is 5.83. The molecule has 2 atom stereocenters. The second-order valence-electron chi connectivity index (χ2n) is 10.1. The lowest BCUT2D eigenvalue weighted by Crippen LogP contribution is -2.36. The molecule has 36 heavy (non-hydrogen) atoms. The maximum absolute atomic E-state index is 12.6. The molecule has 0 bridgehead atoms. The molecule has 192 valence electrons. The van der Waals surface area contributed by atoms with E-state index in [2.05, 4.69) is 0 Å². The first-order chi connectivity index (χ1) is 17.1. The van der Waals surface area contributed by atoms with Gasteiger partial charge in [-0.25, -0.2) is 4.79 Å². The van der Waals surface area contributed by atoms with E-state index in [1.54, 1.807) is 4.90 Å². The lowest BCUT2D eigenvalue weighted by molar-refractivity contribution is -0.142. The van der Waals surface area contributed by atoms with E-state index in [9.17, 15) is 9.59 Å². The molecule has 4 rings (SSSR count). The van der Waals surface area contributed by atoms with E-state index in [1.165, 1.54) is 7.11 Å². The number of esters is 1. The minimum Gasteiger partial charge on any atom is -0.489 e. The van der Waals surface area contributed by atoms with Crippen LogP contribution in [0.25, 0.3) is 11.0 Å². The summed E-state index contributed by atoms with van der Waals surface area (Å²) in [4.78, 5) is 26.6. The average Bonchev–Trinajstić information content (AvgIpc) is 3.48. The molecular weight excluding hydrogens is 460 g/mol. The molecule has 2 N–H and O–H groups in total. The van der Waals surface area contributed by atoms with Crippen LogP contribution in [0.2, 0.25) is 0 Å². The van der Waals surface area contributed by atoms with Crippen LogP contribution in [0.5, 0.6) is 5.75 Å². The lowest BCUT2D eigenvalue weighted by atomic mass is 9.96. The third kappa shape index (κ3) is 6.18. The van der Waals surface area contributed by atoms with Crippen LogP contribution in [0.4, 0.5) is 4.79 Å². The number of amides is 1. The number of furan rings is 1. The van der Waals surface area contributed by atoms with E-state index in [-0.39, 0.29) is 18.2 Å². The maximum Gasteiger partial charge on any atom is 0.410 e. The van der Waals surface area contributed by atoms with Crippen LogP contribution in [0.15, 0.2) is 52.9 Å². The maximum atomic E-state index is 12.6. The first-order valence-electron chi connectivity index (χ1n) is 12.2. The smallest absolute Gasteiger partial charge is 0.410 e. The van der Waals surface area contributed by atoms with Gasteiger partial charge in [-0.3, -0.25) is 4.79 Å². The monoisotopic (exact) mass is 494 g/mol. The summed E-state index contributed by atoms with van der Waals surface area (Å²) < 4.78 is 22.6. The highest BCUT2D eigenvalue weighted by atomic mass is 16.6. The minimum atomic E-state index is -0.576. The molecule has 8 heteroatoms. The second-order valence-corrected chi connectivity index (χ2v) is 10.1. The summed E-state index contributed by atoms with van der Waals surface area (Å²) in [5.74, 6) is 0.330. The summed E-state index contributed by atoms with van der Waals surface area (Å²) in [5, 5.41) is 0.905. The number of nitrogens with two attached hydrogens (primary N) is 1. The predicted octanol–water partition coefficient (Wildman–Crippen LogP) is 4.78. The number of fused-ring (bicyclic) bond motifs is 1. The normalized spacial score (nSPS) is 16.7. The zero-order valence-electron chi connectivity index (χ0n) is 21.3. The fourth-order valence-corrected chi connectivity index (χ4v) is 4.30. The van der Waals surface area contributed by atoms with Crippen molar-refractivity contribution in [3.8, 4) is 5.75 Å². The van der Waals surface area contributed by atoms with Gasteiger partial charge >= 0.3 is 12.1 Å². The van der Waals surface area contributed by atoms with Gasteiger partial charge in [0.15, 0.2) is 0 Å². The molecule has 0 spiro atoms. The Morgan fingerprint density at radius 2 is 1.83 bits per heavy atom. The van der Waals surface area contributed by atoms with Gasteiger partial charge in [-0.2, -0.15) is 0 Å². The van der Waals surface area contributed by atoms with Gasteiger partial charge < -0.3 is 29.3 Å². The Labute approximate surface area is 211 Å². The number of hydrogen-bond donors (Lipinski definition) is 1. The Kier molecular flexibility index (Phi) is 7.54. The fraction of sp³-hybridized carbons (Fsp3) is 0.429. The Bertz CT molecular complexity index is 1210. The lowest BCUT2D eigenvalue weighted by Gasteiger charge is -2.24. The molecule has 3 aromatic rings. The summed E-state index contributed by atoms with van der Waals surface area (Å²) in [6, 6.07) is 15.3. The third-order valence-electron chi connectivity index (χ3n) is 6.13. The number of hydrogen-bond acceptors (Lipinski definition) is 7. The Morgan fingerprint density at radius 1 is 1.11 bits per heavy atom. The van der Waals surface area contributed by atoms with E-state index in [0.717, 1.165) is 22.9 Å². The summed E-state index contributed by atoms with van der Waals surface area (Å²) in [6.45, 7) is 7.08. The SMILES string of the molecule is COC(=O)C(Cc1ccc(O[C@H]2CCN(C(=O)OC(C)(C)C)C2)cc1)c1cc2cc(CN)ccc2o1. The van der Waals surface area contributed by atoms with Gasteiger partial charge in [-0.05, 0) is 68.7 Å². The summed E-state index contributed by atoms with van der Waals surface area (Å²) in [7, 11) is 1.38.